The van der Waals surface area contributed by atoms with Crippen molar-refractivity contribution in [3.05, 3.63) is 88.2 Å². The van der Waals surface area contributed by atoms with E-state index < -0.39 is 5.78 Å². The Bertz CT molecular complexity index is 1620. The summed E-state index contributed by atoms with van der Waals surface area (Å²) >= 11 is 6.51. The Morgan fingerprint density at radius 1 is 1.06 bits per heavy atom. The number of aromatic nitrogens is 6. The van der Waals surface area contributed by atoms with E-state index in [1.165, 1.54) is 16.8 Å². The number of aryl methyl sites for hydroxylation is 1. The minimum absolute atomic E-state index is 0.0344. The molecule has 0 aliphatic rings. The van der Waals surface area contributed by atoms with Crippen molar-refractivity contribution in [1.29, 1.82) is 0 Å². The van der Waals surface area contributed by atoms with Gasteiger partial charge < -0.3 is 10.3 Å². The SMILES string of the molecule is Cn1ccc(-c2nc(N)c(C(=O)Cn3ccccc3=O)nc2-c2cc(Cl)c3ncccc3c2)n1. The van der Waals surface area contributed by atoms with E-state index in [-0.39, 0.29) is 23.6 Å². The number of hydrogen-bond donors (Lipinski definition) is 1. The van der Waals surface area contributed by atoms with Crippen LogP contribution < -0.4 is 11.3 Å². The number of nitrogen functional groups attached to an aromatic ring is 1. The molecule has 4 heterocycles. The quantitative estimate of drug-likeness (QED) is 0.390. The zero-order valence-corrected chi connectivity index (χ0v) is 18.8. The molecule has 1 aromatic carbocycles. The topological polar surface area (TPSA) is 122 Å². The Morgan fingerprint density at radius 2 is 1.91 bits per heavy atom. The fourth-order valence-corrected chi connectivity index (χ4v) is 3.96. The summed E-state index contributed by atoms with van der Waals surface area (Å²) in [6.07, 6.45) is 4.97. The number of carbonyl (C=O) groups excluding carboxylic acids is 1. The summed E-state index contributed by atoms with van der Waals surface area (Å²) in [5.41, 5.74) is 8.45. The lowest BCUT2D eigenvalue weighted by atomic mass is 10.0. The van der Waals surface area contributed by atoms with Gasteiger partial charge in [0.1, 0.15) is 11.4 Å². The van der Waals surface area contributed by atoms with Crippen molar-refractivity contribution < 1.29 is 4.79 Å². The van der Waals surface area contributed by atoms with Gasteiger partial charge >= 0.3 is 0 Å². The molecule has 9 nitrogen and oxygen atoms in total. The van der Waals surface area contributed by atoms with E-state index in [0.717, 1.165) is 5.39 Å². The van der Waals surface area contributed by atoms with Crippen LogP contribution in [0.5, 0.6) is 0 Å². The first-order valence-corrected chi connectivity index (χ1v) is 10.7. The summed E-state index contributed by atoms with van der Waals surface area (Å²) in [4.78, 5) is 38.6. The molecule has 5 rings (SSSR count). The van der Waals surface area contributed by atoms with Gasteiger partial charge in [0.15, 0.2) is 11.5 Å². The van der Waals surface area contributed by atoms with Crippen molar-refractivity contribution in [3.63, 3.8) is 0 Å². The number of nitrogens with zero attached hydrogens (tertiary/aromatic N) is 6. The maximum atomic E-state index is 13.1. The van der Waals surface area contributed by atoms with E-state index in [2.05, 4.69) is 20.1 Å². The molecule has 0 fully saturated rings. The number of Topliss-reactive ketones (excluding diaryl/α,β-unsaturated/α-hetero) is 1. The van der Waals surface area contributed by atoms with Gasteiger partial charge in [0, 0.05) is 42.7 Å². The van der Waals surface area contributed by atoms with Crippen molar-refractivity contribution in [2.45, 2.75) is 6.54 Å². The normalized spacial score (nSPS) is 11.1. The van der Waals surface area contributed by atoms with Crippen LogP contribution in [-0.4, -0.2) is 35.1 Å². The highest BCUT2D eigenvalue weighted by molar-refractivity contribution is 6.35. The molecule has 0 spiro atoms. The second-order valence-electron chi connectivity index (χ2n) is 7.65. The monoisotopic (exact) mass is 471 g/mol. The van der Waals surface area contributed by atoms with Crippen LogP contribution in [0.4, 0.5) is 5.82 Å². The molecule has 0 saturated heterocycles. The van der Waals surface area contributed by atoms with Crippen LogP contribution >= 0.6 is 11.6 Å². The van der Waals surface area contributed by atoms with E-state index >= 15 is 0 Å². The molecule has 0 aliphatic heterocycles. The van der Waals surface area contributed by atoms with Crippen molar-refractivity contribution in [2.75, 3.05) is 5.73 Å². The molecule has 0 bridgehead atoms. The van der Waals surface area contributed by atoms with Crippen molar-refractivity contribution >= 4 is 34.1 Å². The lowest BCUT2D eigenvalue weighted by Gasteiger charge is -2.13. The van der Waals surface area contributed by atoms with Gasteiger partial charge in [0.2, 0.25) is 5.78 Å². The predicted molar refractivity (Wildman–Crippen MR) is 129 cm³/mol. The highest BCUT2D eigenvalue weighted by atomic mass is 35.5. The minimum Gasteiger partial charge on any atom is -0.382 e. The van der Waals surface area contributed by atoms with Crippen molar-refractivity contribution in [1.82, 2.24) is 29.3 Å². The zero-order valence-electron chi connectivity index (χ0n) is 18.0. The molecule has 34 heavy (non-hydrogen) atoms. The molecular weight excluding hydrogens is 454 g/mol. The summed E-state index contributed by atoms with van der Waals surface area (Å²) in [7, 11) is 1.79. The van der Waals surface area contributed by atoms with Crippen LogP contribution in [0.2, 0.25) is 5.02 Å². The number of rotatable bonds is 5. The Kier molecular flexibility index (Phi) is 5.39. The van der Waals surface area contributed by atoms with E-state index in [0.29, 0.717) is 33.2 Å². The first kappa shape index (κ1) is 21.5. The summed E-state index contributed by atoms with van der Waals surface area (Å²) in [5, 5.41) is 5.67. The Balaban J connectivity index is 1.69. The smallest absolute Gasteiger partial charge is 0.250 e. The molecule has 0 unspecified atom stereocenters. The van der Waals surface area contributed by atoms with Crippen LogP contribution in [0.1, 0.15) is 10.5 Å². The maximum Gasteiger partial charge on any atom is 0.250 e. The number of hydrogen-bond acceptors (Lipinski definition) is 7. The number of anilines is 1. The number of carbonyl (C=O) groups is 1. The third kappa shape index (κ3) is 3.93. The molecule has 168 valence electrons. The molecule has 2 N–H and O–H groups in total. The van der Waals surface area contributed by atoms with E-state index in [4.69, 9.17) is 17.3 Å². The van der Waals surface area contributed by atoms with E-state index in [1.54, 1.807) is 48.4 Å². The zero-order chi connectivity index (χ0) is 23.8. The first-order chi connectivity index (χ1) is 16.4. The highest BCUT2D eigenvalue weighted by Gasteiger charge is 2.22. The summed E-state index contributed by atoms with van der Waals surface area (Å²) in [6, 6.07) is 13.7. The predicted octanol–water partition coefficient (Wildman–Crippen LogP) is 3.37. The van der Waals surface area contributed by atoms with E-state index in [1.807, 2.05) is 18.2 Å². The molecule has 5 aromatic rings. The van der Waals surface area contributed by atoms with Crippen LogP contribution in [-0.2, 0) is 13.6 Å². The highest BCUT2D eigenvalue weighted by Crippen LogP contribution is 2.34. The van der Waals surface area contributed by atoms with Gasteiger partial charge in [0.05, 0.1) is 22.8 Å². The van der Waals surface area contributed by atoms with Gasteiger partial charge in [0.25, 0.3) is 5.56 Å². The van der Waals surface area contributed by atoms with Gasteiger partial charge in [-0.3, -0.25) is 19.3 Å². The Morgan fingerprint density at radius 3 is 2.68 bits per heavy atom. The lowest BCUT2D eigenvalue weighted by Crippen LogP contribution is -2.24. The molecule has 0 amide bonds. The molecule has 0 atom stereocenters. The Hall–Kier alpha value is -4.37. The number of benzene rings is 1. The van der Waals surface area contributed by atoms with E-state index in [9.17, 15) is 9.59 Å². The molecular formula is C24H18ClN7O2. The van der Waals surface area contributed by atoms with Gasteiger partial charge in [-0.1, -0.05) is 23.7 Å². The fraction of sp³-hybridized carbons (Fsp3) is 0.0833. The average Bonchev–Trinajstić information content (AvgIpc) is 3.26. The second-order valence-corrected chi connectivity index (χ2v) is 8.06. The number of pyridine rings is 2. The van der Waals surface area contributed by atoms with Gasteiger partial charge in [-0.2, -0.15) is 5.10 Å². The van der Waals surface area contributed by atoms with Crippen LogP contribution in [0.3, 0.4) is 0 Å². The Labute approximate surface area is 198 Å². The van der Waals surface area contributed by atoms with Crippen molar-refractivity contribution in [2.24, 2.45) is 7.05 Å². The third-order valence-electron chi connectivity index (χ3n) is 5.29. The standard InChI is InChI=1S/C24H18ClN7O2/c1-31-10-7-17(30-31)22-21(15-11-14-5-4-8-27-20(14)16(25)12-15)28-23(24(26)29-22)18(33)13-32-9-3-2-6-19(32)34/h2-12H,13H2,1H3,(H2,26,29). The summed E-state index contributed by atoms with van der Waals surface area (Å²) in [5.74, 6) is -0.493. The van der Waals surface area contributed by atoms with Crippen LogP contribution in [0, 0.1) is 0 Å². The third-order valence-corrected chi connectivity index (χ3v) is 5.58. The molecule has 0 aliphatic carbocycles. The number of fused-ring (bicyclic) bond motifs is 1. The second kappa shape index (κ2) is 8.53. The number of nitrogens with two attached hydrogens (primary N) is 1. The fourth-order valence-electron chi connectivity index (χ4n) is 3.68. The minimum atomic E-state index is -0.444. The maximum absolute atomic E-state index is 13.1. The number of halogens is 1. The number of ketones is 1. The van der Waals surface area contributed by atoms with Gasteiger partial charge in [-0.15, -0.1) is 0 Å². The summed E-state index contributed by atoms with van der Waals surface area (Å²) < 4.78 is 2.92. The average molecular weight is 472 g/mol. The van der Waals surface area contributed by atoms with Crippen LogP contribution in [0.25, 0.3) is 33.5 Å². The van der Waals surface area contributed by atoms with Crippen molar-refractivity contribution in [3.8, 4) is 22.6 Å². The molecule has 0 radical (unpaired) electrons. The van der Waals surface area contributed by atoms with Gasteiger partial charge in [-0.05, 0) is 30.3 Å². The molecule has 0 saturated carbocycles. The lowest BCUT2D eigenvalue weighted by molar-refractivity contribution is 0.0966. The molecule has 10 heteroatoms. The summed E-state index contributed by atoms with van der Waals surface area (Å²) in [6.45, 7) is -0.219. The van der Waals surface area contributed by atoms with Gasteiger partial charge in [-0.25, -0.2) is 9.97 Å². The van der Waals surface area contributed by atoms with Crippen LogP contribution in [0.15, 0.2) is 71.9 Å². The largest absolute Gasteiger partial charge is 0.382 e. The molecule has 4 aromatic heterocycles. The first-order valence-electron chi connectivity index (χ1n) is 10.3.